The number of carbonyl (C=O) groups is 1. The number of carbonyl (C=O) groups excluding carboxylic acids is 1. The maximum atomic E-state index is 14.2. The van der Waals surface area contributed by atoms with Crippen molar-refractivity contribution in [3.05, 3.63) is 53.3 Å². The second-order valence-electron chi connectivity index (χ2n) is 12.7. The average molecular weight is 555 g/mol. The number of hydrogen-bond acceptors (Lipinski definition) is 4. The quantitative estimate of drug-likeness (QED) is 0.173. The molecule has 0 amide bonds. The molecule has 39 heavy (non-hydrogen) atoms. The van der Waals surface area contributed by atoms with Crippen molar-refractivity contribution in [2.24, 2.45) is 17.3 Å². The number of fused-ring (bicyclic) bond motifs is 2. The van der Waals surface area contributed by atoms with E-state index in [1.807, 2.05) is 30.5 Å². The highest BCUT2D eigenvalue weighted by Gasteiger charge is 2.47. The molecular formula is C34H54O4Si. The first-order valence-corrected chi connectivity index (χ1v) is 17.9. The van der Waals surface area contributed by atoms with E-state index in [9.17, 15) is 4.79 Å². The smallest absolute Gasteiger partial charge is 0.192 e. The molecule has 2 bridgehead atoms. The Labute approximate surface area is 239 Å². The fourth-order valence-corrected chi connectivity index (χ4v) is 9.96. The van der Waals surface area contributed by atoms with Gasteiger partial charge in [-0.2, -0.15) is 0 Å². The third kappa shape index (κ3) is 7.67. The van der Waals surface area contributed by atoms with Crippen molar-refractivity contribution in [1.29, 1.82) is 0 Å². The van der Waals surface area contributed by atoms with Gasteiger partial charge in [0.2, 0.25) is 0 Å². The highest BCUT2D eigenvalue weighted by molar-refractivity contribution is 6.73. The highest BCUT2D eigenvalue weighted by atomic mass is 28.4. The predicted octanol–water partition coefficient (Wildman–Crippen LogP) is 9.41. The third-order valence-electron chi connectivity index (χ3n) is 10.2. The van der Waals surface area contributed by atoms with Gasteiger partial charge in [-0.15, -0.1) is 0 Å². The van der Waals surface area contributed by atoms with Crippen LogP contribution in [0.25, 0.3) is 0 Å². The molecule has 1 aromatic carbocycles. The summed E-state index contributed by atoms with van der Waals surface area (Å²) in [4.78, 5) is 14.2. The Hall–Kier alpha value is -1.85. The summed E-state index contributed by atoms with van der Waals surface area (Å²) in [5.74, 6) is 1.57. The first-order valence-electron chi connectivity index (χ1n) is 15.4. The van der Waals surface area contributed by atoms with E-state index in [0.29, 0.717) is 24.7 Å². The standard InChI is InChI=1S/C34H54O4Si/c1-9-39(10-2,11-3)38-33(6)21-12-13-26(4)20-22-34(7)27(5)14-19-30(32(35)23-33)31(34)25-37-24-28-15-17-29(36-8)18-16-28/h13,15-18,25,27,30H,9-12,14,19-24H2,1-8H3/b26-13-,31-25+/t27-,30-,33+,34+/m1/s1. The molecule has 0 N–H and O–H groups in total. The maximum Gasteiger partial charge on any atom is 0.192 e. The van der Waals surface area contributed by atoms with Crippen molar-refractivity contribution in [2.45, 2.75) is 124 Å². The van der Waals surface area contributed by atoms with Crippen molar-refractivity contribution in [3.8, 4) is 5.75 Å². The zero-order valence-electron chi connectivity index (χ0n) is 26.0. The van der Waals surface area contributed by atoms with Gasteiger partial charge in [-0.1, -0.05) is 58.4 Å². The molecular weight excluding hydrogens is 500 g/mol. The van der Waals surface area contributed by atoms with E-state index in [0.717, 1.165) is 68.0 Å². The van der Waals surface area contributed by atoms with E-state index in [4.69, 9.17) is 13.9 Å². The summed E-state index contributed by atoms with van der Waals surface area (Å²) >= 11 is 0. The van der Waals surface area contributed by atoms with Gasteiger partial charge in [0.25, 0.3) is 0 Å². The molecule has 4 nitrogen and oxygen atoms in total. The van der Waals surface area contributed by atoms with Crippen LogP contribution in [0.1, 0.15) is 99.0 Å². The van der Waals surface area contributed by atoms with Crippen LogP contribution in [0, 0.1) is 17.3 Å². The summed E-state index contributed by atoms with van der Waals surface area (Å²) in [5.41, 5.74) is 3.24. The number of Topliss-reactive ketones (excluding diaryl/α,β-unsaturated/α-hetero) is 1. The fraction of sp³-hybridized carbons (Fsp3) is 0.676. The average Bonchev–Trinajstić information content (AvgIpc) is 2.93. The molecule has 3 rings (SSSR count). The van der Waals surface area contributed by atoms with E-state index < -0.39 is 13.9 Å². The van der Waals surface area contributed by atoms with Crippen molar-refractivity contribution >= 4 is 14.1 Å². The third-order valence-corrected chi connectivity index (χ3v) is 15.0. The van der Waals surface area contributed by atoms with Crippen LogP contribution in [0.2, 0.25) is 18.1 Å². The molecule has 0 radical (unpaired) electrons. The zero-order valence-corrected chi connectivity index (χ0v) is 27.0. The molecule has 1 aromatic rings. The monoisotopic (exact) mass is 554 g/mol. The lowest BCUT2D eigenvalue weighted by Crippen LogP contribution is -2.48. The zero-order chi connectivity index (χ0) is 28.7. The largest absolute Gasteiger partial charge is 0.497 e. The molecule has 0 aromatic heterocycles. The molecule has 1 saturated carbocycles. The van der Waals surface area contributed by atoms with E-state index >= 15 is 0 Å². The van der Waals surface area contributed by atoms with Crippen LogP contribution in [0.15, 0.2) is 47.7 Å². The highest BCUT2D eigenvalue weighted by Crippen LogP contribution is 2.52. The number of methoxy groups -OCH3 is 1. The minimum Gasteiger partial charge on any atom is -0.497 e. The summed E-state index contributed by atoms with van der Waals surface area (Å²) in [6.07, 6.45) is 10.8. The van der Waals surface area contributed by atoms with Crippen molar-refractivity contribution in [1.82, 2.24) is 0 Å². The lowest BCUT2D eigenvalue weighted by molar-refractivity contribution is -0.127. The molecule has 0 heterocycles. The first-order chi connectivity index (χ1) is 18.5. The van der Waals surface area contributed by atoms with Crippen molar-refractivity contribution in [2.75, 3.05) is 7.11 Å². The molecule has 4 atom stereocenters. The van der Waals surface area contributed by atoms with Crippen molar-refractivity contribution in [3.63, 3.8) is 0 Å². The Kier molecular flexibility index (Phi) is 11.1. The molecule has 2 aliphatic rings. The Morgan fingerprint density at radius 2 is 1.69 bits per heavy atom. The van der Waals surface area contributed by atoms with Gasteiger partial charge < -0.3 is 13.9 Å². The van der Waals surface area contributed by atoms with Crippen LogP contribution < -0.4 is 4.74 Å². The fourth-order valence-electron chi connectivity index (χ4n) is 6.80. The lowest BCUT2D eigenvalue weighted by Gasteiger charge is -2.47. The van der Waals surface area contributed by atoms with Gasteiger partial charge in [0.15, 0.2) is 8.32 Å². The Balaban J connectivity index is 1.96. The molecule has 0 spiro atoms. The topological polar surface area (TPSA) is 44.8 Å². The summed E-state index contributed by atoms with van der Waals surface area (Å²) < 4.78 is 18.7. The summed E-state index contributed by atoms with van der Waals surface area (Å²) in [7, 11) is -0.196. The summed E-state index contributed by atoms with van der Waals surface area (Å²) in [5, 5.41) is 0. The van der Waals surface area contributed by atoms with E-state index in [1.54, 1.807) is 7.11 Å². The van der Waals surface area contributed by atoms with Crippen LogP contribution in [0.3, 0.4) is 0 Å². The molecule has 2 aliphatic carbocycles. The molecule has 0 saturated heterocycles. The van der Waals surface area contributed by atoms with Crippen molar-refractivity contribution < 1.29 is 18.7 Å². The number of ether oxygens (including phenoxy) is 2. The van der Waals surface area contributed by atoms with E-state index in [-0.39, 0.29) is 11.3 Å². The van der Waals surface area contributed by atoms with Gasteiger partial charge in [-0.25, -0.2) is 0 Å². The summed E-state index contributed by atoms with van der Waals surface area (Å²) in [6.45, 7) is 16.5. The SMILES string of the molecule is CC[Si](CC)(CC)O[C@@]1(C)CC/C=C(/C)CC[C@]2(C)/C(=C/OCc3ccc(OC)cc3)[C@@H](CC[C@H]2C)C(=O)C1. The summed E-state index contributed by atoms with van der Waals surface area (Å²) in [6, 6.07) is 11.3. The second kappa shape index (κ2) is 13.7. The first kappa shape index (κ1) is 31.7. The number of allylic oxidation sites excluding steroid dienone is 3. The van der Waals surface area contributed by atoms with E-state index in [2.05, 4.69) is 54.5 Å². The maximum absolute atomic E-state index is 14.2. The van der Waals surface area contributed by atoms with Gasteiger partial charge in [-0.3, -0.25) is 4.79 Å². The number of hydrogen-bond donors (Lipinski definition) is 0. The minimum atomic E-state index is -1.88. The van der Waals surface area contributed by atoms with Gasteiger partial charge in [0, 0.05) is 12.3 Å². The van der Waals surface area contributed by atoms with Crippen LogP contribution >= 0.6 is 0 Å². The van der Waals surface area contributed by atoms with Gasteiger partial charge in [-0.05, 0) is 105 Å². The molecule has 1 fully saturated rings. The molecule has 0 aliphatic heterocycles. The number of benzene rings is 1. The molecule has 5 heteroatoms. The minimum absolute atomic E-state index is 0.0706. The van der Waals surface area contributed by atoms with E-state index in [1.165, 1.54) is 11.1 Å². The van der Waals surface area contributed by atoms with Crippen LogP contribution in [-0.4, -0.2) is 26.8 Å². The van der Waals surface area contributed by atoms with Gasteiger partial charge in [0.05, 0.1) is 19.0 Å². The van der Waals surface area contributed by atoms with Crippen LogP contribution in [0.4, 0.5) is 0 Å². The van der Waals surface area contributed by atoms with Crippen LogP contribution in [-0.2, 0) is 20.6 Å². The van der Waals surface area contributed by atoms with Crippen LogP contribution in [0.5, 0.6) is 5.75 Å². The second-order valence-corrected chi connectivity index (χ2v) is 17.4. The number of rotatable bonds is 9. The Bertz CT molecular complexity index is 1000. The Morgan fingerprint density at radius 3 is 2.31 bits per heavy atom. The Morgan fingerprint density at radius 1 is 1.03 bits per heavy atom. The molecule has 0 unspecified atom stereocenters. The van der Waals surface area contributed by atoms with Gasteiger partial charge in [0.1, 0.15) is 18.1 Å². The predicted molar refractivity (Wildman–Crippen MR) is 164 cm³/mol. The van der Waals surface area contributed by atoms with Gasteiger partial charge >= 0.3 is 0 Å². The normalized spacial score (nSPS) is 31.1. The number of ketones is 1. The molecule has 218 valence electrons. The lowest BCUT2D eigenvalue weighted by atomic mass is 9.58.